The number of carbonyl (C=O) groups excluding carboxylic acids is 2. The Kier molecular flexibility index (Phi) is 5.96. The predicted octanol–water partition coefficient (Wildman–Crippen LogP) is 1.79. The molecule has 6 heteroatoms. The summed E-state index contributed by atoms with van der Waals surface area (Å²) in [6, 6.07) is 3.85. The van der Waals surface area contributed by atoms with Crippen molar-refractivity contribution < 1.29 is 9.59 Å². The zero-order valence-electron chi connectivity index (χ0n) is 14.2. The number of hydrogen-bond donors (Lipinski definition) is 0. The summed E-state index contributed by atoms with van der Waals surface area (Å²) in [5.74, 6) is -0.0957. The van der Waals surface area contributed by atoms with Crippen molar-refractivity contribution >= 4 is 11.9 Å². The first kappa shape index (κ1) is 17.2. The minimum atomic E-state index is -0.200. The number of pyridine rings is 1. The van der Waals surface area contributed by atoms with E-state index in [1.807, 2.05) is 47.6 Å². The van der Waals surface area contributed by atoms with Crippen LogP contribution in [0.1, 0.15) is 32.3 Å². The Bertz CT molecular complexity index is 523. The number of urea groups is 1. The molecule has 0 bridgehead atoms. The standard InChI is InChI=1S/C17H26N4O2/c1-4-19(5-2)17(23)21-11-9-20(10-12-21)16(22)14(3)15-7-6-8-18-13-15/h6-8,13-14H,4-5,9-12H2,1-3H3/t14-/m0/s1. The van der Waals surface area contributed by atoms with Crippen LogP contribution in [0.3, 0.4) is 0 Å². The molecular formula is C17H26N4O2. The molecule has 3 amide bonds. The van der Waals surface area contributed by atoms with E-state index in [1.54, 1.807) is 12.4 Å². The Hall–Kier alpha value is -2.11. The fourth-order valence-electron chi connectivity index (χ4n) is 2.86. The molecule has 1 aromatic rings. The molecule has 1 aliphatic heterocycles. The predicted molar refractivity (Wildman–Crippen MR) is 89.1 cm³/mol. The van der Waals surface area contributed by atoms with Gasteiger partial charge in [-0.1, -0.05) is 6.07 Å². The summed E-state index contributed by atoms with van der Waals surface area (Å²) >= 11 is 0. The SMILES string of the molecule is CCN(CC)C(=O)N1CCN(C(=O)[C@@H](C)c2cccnc2)CC1. The van der Waals surface area contributed by atoms with E-state index in [0.29, 0.717) is 39.3 Å². The first-order chi connectivity index (χ1) is 11.1. The van der Waals surface area contributed by atoms with Crippen LogP contribution in [-0.4, -0.2) is 70.9 Å². The molecule has 2 rings (SSSR count). The Morgan fingerprint density at radius 3 is 2.30 bits per heavy atom. The van der Waals surface area contributed by atoms with Crippen molar-refractivity contribution in [1.29, 1.82) is 0 Å². The summed E-state index contributed by atoms with van der Waals surface area (Å²) in [6.45, 7) is 9.69. The third kappa shape index (κ3) is 4.00. The molecule has 1 aliphatic rings. The maximum Gasteiger partial charge on any atom is 0.320 e. The van der Waals surface area contributed by atoms with Gasteiger partial charge in [-0.05, 0) is 32.4 Å². The largest absolute Gasteiger partial charge is 0.339 e. The van der Waals surface area contributed by atoms with Crippen molar-refractivity contribution in [2.75, 3.05) is 39.3 Å². The van der Waals surface area contributed by atoms with Crippen molar-refractivity contribution in [3.63, 3.8) is 0 Å². The summed E-state index contributed by atoms with van der Waals surface area (Å²) in [6.07, 6.45) is 3.45. The summed E-state index contributed by atoms with van der Waals surface area (Å²) in [4.78, 5) is 34.5. The lowest BCUT2D eigenvalue weighted by atomic mass is 10.0. The van der Waals surface area contributed by atoms with Gasteiger partial charge in [0.1, 0.15) is 0 Å². The highest BCUT2D eigenvalue weighted by molar-refractivity contribution is 5.83. The number of hydrogen-bond acceptors (Lipinski definition) is 3. The quantitative estimate of drug-likeness (QED) is 0.850. The average Bonchev–Trinajstić information content (AvgIpc) is 2.62. The number of aromatic nitrogens is 1. The van der Waals surface area contributed by atoms with Crippen molar-refractivity contribution in [2.45, 2.75) is 26.7 Å². The zero-order valence-corrected chi connectivity index (χ0v) is 14.2. The van der Waals surface area contributed by atoms with E-state index in [1.165, 1.54) is 0 Å². The molecule has 1 atom stereocenters. The Morgan fingerprint density at radius 2 is 1.78 bits per heavy atom. The van der Waals surface area contributed by atoms with Crippen LogP contribution in [0.25, 0.3) is 0 Å². The molecule has 0 spiro atoms. The first-order valence-corrected chi connectivity index (χ1v) is 8.31. The third-order valence-electron chi connectivity index (χ3n) is 4.45. The average molecular weight is 318 g/mol. The molecule has 6 nitrogen and oxygen atoms in total. The van der Waals surface area contributed by atoms with Gasteiger partial charge in [0.2, 0.25) is 5.91 Å². The highest BCUT2D eigenvalue weighted by Gasteiger charge is 2.28. The Morgan fingerprint density at radius 1 is 1.17 bits per heavy atom. The maximum absolute atomic E-state index is 12.6. The van der Waals surface area contributed by atoms with Crippen molar-refractivity contribution in [3.05, 3.63) is 30.1 Å². The molecular weight excluding hydrogens is 292 g/mol. The van der Waals surface area contributed by atoms with Gasteiger partial charge in [-0.3, -0.25) is 9.78 Å². The van der Waals surface area contributed by atoms with E-state index in [0.717, 1.165) is 5.56 Å². The molecule has 0 saturated carbocycles. The molecule has 1 aromatic heterocycles. The lowest BCUT2D eigenvalue weighted by Gasteiger charge is -2.38. The van der Waals surface area contributed by atoms with Crippen LogP contribution >= 0.6 is 0 Å². The molecule has 1 saturated heterocycles. The number of piperazine rings is 1. The van der Waals surface area contributed by atoms with Crippen LogP contribution < -0.4 is 0 Å². The molecule has 0 aromatic carbocycles. The van der Waals surface area contributed by atoms with Gasteiger partial charge in [0.05, 0.1) is 5.92 Å². The third-order valence-corrected chi connectivity index (χ3v) is 4.45. The number of carbonyl (C=O) groups is 2. The summed E-state index contributed by atoms with van der Waals surface area (Å²) in [7, 11) is 0. The van der Waals surface area contributed by atoms with E-state index < -0.39 is 0 Å². The summed E-state index contributed by atoms with van der Waals surface area (Å²) in [5, 5.41) is 0. The Balaban J connectivity index is 1.91. The van der Waals surface area contributed by atoms with Crippen LogP contribution in [0.5, 0.6) is 0 Å². The summed E-state index contributed by atoms with van der Waals surface area (Å²) in [5.41, 5.74) is 0.930. The fraction of sp³-hybridized carbons (Fsp3) is 0.588. The van der Waals surface area contributed by atoms with Crippen LogP contribution in [0, 0.1) is 0 Å². The molecule has 23 heavy (non-hydrogen) atoms. The monoisotopic (exact) mass is 318 g/mol. The Labute approximate surface area is 138 Å². The number of amides is 3. The normalized spacial score (nSPS) is 16.1. The second-order valence-corrected chi connectivity index (χ2v) is 5.78. The van der Waals surface area contributed by atoms with Gasteiger partial charge in [-0.2, -0.15) is 0 Å². The molecule has 1 fully saturated rings. The van der Waals surface area contributed by atoms with E-state index in [-0.39, 0.29) is 17.9 Å². The summed E-state index contributed by atoms with van der Waals surface area (Å²) < 4.78 is 0. The topological polar surface area (TPSA) is 56.8 Å². The van der Waals surface area contributed by atoms with Gasteiger partial charge in [-0.25, -0.2) is 4.79 Å². The van der Waals surface area contributed by atoms with E-state index in [4.69, 9.17) is 0 Å². The van der Waals surface area contributed by atoms with Crippen molar-refractivity contribution in [2.24, 2.45) is 0 Å². The number of nitrogens with zero attached hydrogens (tertiary/aromatic N) is 4. The van der Waals surface area contributed by atoms with Crippen molar-refractivity contribution in [3.8, 4) is 0 Å². The second-order valence-electron chi connectivity index (χ2n) is 5.78. The minimum Gasteiger partial charge on any atom is -0.339 e. The maximum atomic E-state index is 12.6. The lowest BCUT2D eigenvalue weighted by Crippen LogP contribution is -2.54. The van der Waals surface area contributed by atoms with Gasteiger partial charge >= 0.3 is 6.03 Å². The van der Waals surface area contributed by atoms with E-state index in [2.05, 4.69) is 4.98 Å². The highest BCUT2D eigenvalue weighted by atomic mass is 16.2. The zero-order chi connectivity index (χ0) is 16.8. The van der Waals surface area contributed by atoms with Crippen LogP contribution in [0.2, 0.25) is 0 Å². The molecule has 0 radical (unpaired) electrons. The van der Waals surface area contributed by atoms with E-state index >= 15 is 0 Å². The van der Waals surface area contributed by atoms with Gasteiger partial charge in [0.15, 0.2) is 0 Å². The molecule has 2 heterocycles. The van der Waals surface area contributed by atoms with Gasteiger partial charge in [-0.15, -0.1) is 0 Å². The van der Waals surface area contributed by atoms with Crippen molar-refractivity contribution in [1.82, 2.24) is 19.7 Å². The van der Waals surface area contributed by atoms with Crippen LogP contribution in [0.15, 0.2) is 24.5 Å². The smallest absolute Gasteiger partial charge is 0.320 e. The van der Waals surface area contributed by atoms with Gasteiger partial charge < -0.3 is 14.7 Å². The molecule has 0 unspecified atom stereocenters. The van der Waals surface area contributed by atoms with Gasteiger partial charge in [0, 0.05) is 51.7 Å². The second kappa shape index (κ2) is 7.94. The molecule has 126 valence electrons. The highest BCUT2D eigenvalue weighted by Crippen LogP contribution is 2.18. The minimum absolute atomic E-state index is 0.0717. The van der Waals surface area contributed by atoms with Crippen LogP contribution in [-0.2, 0) is 4.79 Å². The van der Waals surface area contributed by atoms with Gasteiger partial charge in [0.25, 0.3) is 0 Å². The fourth-order valence-corrected chi connectivity index (χ4v) is 2.86. The van der Waals surface area contributed by atoms with Crippen LogP contribution in [0.4, 0.5) is 4.79 Å². The first-order valence-electron chi connectivity index (χ1n) is 8.31. The van der Waals surface area contributed by atoms with E-state index in [9.17, 15) is 9.59 Å². The lowest BCUT2D eigenvalue weighted by molar-refractivity contribution is -0.133. The number of rotatable bonds is 4. The molecule has 0 N–H and O–H groups in total. The molecule has 0 aliphatic carbocycles.